The van der Waals surface area contributed by atoms with Gasteiger partial charge in [-0.1, -0.05) is 6.92 Å². The molecule has 0 aliphatic carbocycles. The Morgan fingerprint density at radius 2 is 1.72 bits per heavy atom. The molecular formula is C16H22N6O2S. The van der Waals surface area contributed by atoms with E-state index in [1.54, 1.807) is 30.7 Å². The van der Waals surface area contributed by atoms with Crippen LogP contribution in [0.3, 0.4) is 0 Å². The fourth-order valence-electron chi connectivity index (χ4n) is 2.72. The fraction of sp³-hybridized carbons (Fsp3) is 0.438. The van der Waals surface area contributed by atoms with Gasteiger partial charge in [0.15, 0.2) is 0 Å². The number of piperazine rings is 1. The van der Waals surface area contributed by atoms with E-state index in [1.807, 2.05) is 13.0 Å². The Bertz CT molecular complexity index is 774. The Morgan fingerprint density at radius 3 is 2.32 bits per heavy atom. The van der Waals surface area contributed by atoms with Crippen molar-refractivity contribution in [1.82, 2.24) is 15.0 Å². The molecule has 1 fully saturated rings. The third-order valence-corrected chi connectivity index (χ3v) is 5.43. The summed E-state index contributed by atoms with van der Waals surface area (Å²) in [4.78, 5) is 17.3. The molecule has 25 heavy (non-hydrogen) atoms. The van der Waals surface area contributed by atoms with E-state index >= 15 is 0 Å². The molecule has 1 N–H and O–H groups in total. The topological polar surface area (TPSA) is 91.3 Å². The molecular weight excluding hydrogens is 340 g/mol. The summed E-state index contributed by atoms with van der Waals surface area (Å²) in [5, 5.41) is 0. The van der Waals surface area contributed by atoms with Crippen LogP contribution < -0.4 is 14.5 Å². The predicted molar refractivity (Wildman–Crippen MR) is 98.4 cm³/mol. The van der Waals surface area contributed by atoms with Crippen LogP contribution in [-0.2, 0) is 10.0 Å². The van der Waals surface area contributed by atoms with Crippen LogP contribution in [0.4, 0.5) is 17.5 Å². The number of nitrogens with one attached hydrogen (secondary N) is 1. The predicted octanol–water partition coefficient (Wildman–Crippen LogP) is 1.35. The lowest BCUT2D eigenvalue weighted by Crippen LogP contribution is -2.47. The number of hydrogen-bond acceptors (Lipinski definition) is 7. The molecule has 3 rings (SSSR count). The zero-order valence-corrected chi connectivity index (χ0v) is 15.0. The standard InChI is InChI=1S/C16H22N6O2S/c1-2-12-25(23,24)20-14-4-5-15(19-13-14)21-8-10-22(11-9-21)16-17-6-3-7-18-16/h3-7,13,20H,2,8-12H2,1H3. The van der Waals surface area contributed by atoms with Gasteiger partial charge in [0.2, 0.25) is 16.0 Å². The fourth-order valence-corrected chi connectivity index (χ4v) is 3.84. The second-order valence-electron chi connectivity index (χ2n) is 5.85. The van der Waals surface area contributed by atoms with Crippen LogP contribution in [0.15, 0.2) is 36.8 Å². The quantitative estimate of drug-likeness (QED) is 0.829. The number of pyridine rings is 1. The summed E-state index contributed by atoms with van der Waals surface area (Å²) >= 11 is 0. The Kier molecular flexibility index (Phi) is 5.32. The van der Waals surface area contributed by atoms with Crippen molar-refractivity contribution < 1.29 is 8.42 Å². The Morgan fingerprint density at radius 1 is 1.04 bits per heavy atom. The van der Waals surface area contributed by atoms with Crippen molar-refractivity contribution in [3.8, 4) is 0 Å². The van der Waals surface area contributed by atoms with Crippen molar-refractivity contribution in [2.75, 3.05) is 46.5 Å². The zero-order chi connectivity index (χ0) is 17.7. The second-order valence-corrected chi connectivity index (χ2v) is 7.69. The monoisotopic (exact) mass is 362 g/mol. The average Bonchev–Trinajstić information content (AvgIpc) is 2.63. The molecule has 0 aromatic carbocycles. The van der Waals surface area contributed by atoms with E-state index in [-0.39, 0.29) is 5.75 Å². The third-order valence-electron chi connectivity index (χ3n) is 3.93. The van der Waals surface area contributed by atoms with Gasteiger partial charge in [-0.3, -0.25) is 4.72 Å². The first-order chi connectivity index (χ1) is 12.1. The number of aromatic nitrogens is 3. The number of hydrogen-bond donors (Lipinski definition) is 1. The van der Waals surface area contributed by atoms with Gasteiger partial charge in [-0.15, -0.1) is 0 Å². The maximum absolute atomic E-state index is 11.8. The summed E-state index contributed by atoms with van der Waals surface area (Å²) in [5.74, 6) is 1.70. The van der Waals surface area contributed by atoms with E-state index in [9.17, 15) is 8.42 Å². The van der Waals surface area contributed by atoms with E-state index in [1.165, 1.54) is 0 Å². The summed E-state index contributed by atoms with van der Waals surface area (Å²) < 4.78 is 26.1. The van der Waals surface area contributed by atoms with Crippen molar-refractivity contribution in [2.45, 2.75) is 13.3 Å². The molecule has 1 aliphatic heterocycles. The molecule has 1 aliphatic rings. The summed E-state index contributed by atoms with van der Waals surface area (Å²) in [6, 6.07) is 5.40. The van der Waals surface area contributed by atoms with Crippen molar-refractivity contribution in [2.24, 2.45) is 0 Å². The first-order valence-electron chi connectivity index (χ1n) is 8.31. The smallest absolute Gasteiger partial charge is 0.232 e. The van der Waals surface area contributed by atoms with E-state index in [4.69, 9.17) is 0 Å². The van der Waals surface area contributed by atoms with Crippen LogP contribution in [0.25, 0.3) is 0 Å². The Labute approximate surface area is 148 Å². The summed E-state index contributed by atoms with van der Waals surface area (Å²) in [5.41, 5.74) is 0.494. The van der Waals surface area contributed by atoms with Gasteiger partial charge in [-0.05, 0) is 24.6 Å². The van der Waals surface area contributed by atoms with Gasteiger partial charge < -0.3 is 9.80 Å². The van der Waals surface area contributed by atoms with Gasteiger partial charge in [0.1, 0.15) is 5.82 Å². The maximum atomic E-state index is 11.8. The van der Waals surface area contributed by atoms with Gasteiger partial charge in [-0.2, -0.15) is 0 Å². The summed E-state index contributed by atoms with van der Waals surface area (Å²) in [6.45, 7) is 5.09. The lowest BCUT2D eigenvalue weighted by atomic mass is 10.3. The van der Waals surface area contributed by atoms with Crippen molar-refractivity contribution >= 4 is 27.5 Å². The van der Waals surface area contributed by atoms with Gasteiger partial charge >= 0.3 is 0 Å². The number of sulfonamides is 1. The molecule has 0 radical (unpaired) electrons. The normalized spacial score (nSPS) is 15.2. The SMILES string of the molecule is CCCS(=O)(=O)Nc1ccc(N2CCN(c3ncccn3)CC2)nc1. The van der Waals surface area contributed by atoms with Crippen LogP contribution in [-0.4, -0.2) is 55.3 Å². The molecule has 0 unspecified atom stereocenters. The maximum Gasteiger partial charge on any atom is 0.232 e. The minimum atomic E-state index is -3.28. The highest BCUT2D eigenvalue weighted by Crippen LogP contribution is 2.18. The summed E-state index contributed by atoms with van der Waals surface area (Å²) in [6.07, 6.45) is 5.63. The molecule has 0 bridgehead atoms. The van der Waals surface area contributed by atoms with Gasteiger partial charge in [0, 0.05) is 38.6 Å². The molecule has 134 valence electrons. The minimum Gasteiger partial charge on any atom is -0.353 e. The first-order valence-corrected chi connectivity index (χ1v) is 9.96. The largest absolute Gasteiger partial charge is 0.353 e. The van der Waals surface area contributed by atoms with Crippen molar-refractivity contribution in [3.05, 3.63) is 36.8 Å². The summed E-state index contributed by atoms with van der Waals surface area (Å²) in [7, 11) is -3.28. The van der Waals surface area contributed by atoms with E-state index in [0.29, 0.717) is 12.1 Å². The molecule has 8 nitrogen and oxygen atoms in total. The molecule has 2 aromatic rings. The Balaban J connectivity index is 1.59. The van der Waals surface area contributed by atoms with Crippen LogP contribution in [0.2, 0.25) is 0 Å². The molecule has 0 saturated carbocycles. The molecule has 2 aromatic heterocycles. The van der Waals surface area contributed by atoms with Crippen LogP contribution in [0.5, 0.6) is 0 Å². The van der Waals surface area contributed by atoms with Gasteiger partial charge in [0.05, 0.1) is 17.6 Å². The van der Waals surface area contributed by atoms with Crippen LogP contribution >= 0.6 is 0 Å². The molecule has 0 amide bonds. The van der Waals surface area contributed by atoms with Crippen molar-refractivity contribution in [3.63, 3.8) is 0 Å². The Hall–Kier alpha value is -2.42. The number of nitrogens with zero attached hydrogens (tertiary/aromatic N) is 5. The van der Waals surface area contributed by atoms with E-state index in [0.717, 1.165) is 37.9 Å². The van der Waals surface area contributed by atoms with Gasteiger partial charge in [0.25, 0.3) is 0 Å². The number of rotatable bonds is 6. The highest BCUT2D eigenvalue weighted by Gasteiger charge is 2.19. The molecule has 1 saturated heterocycles. The highest BCUT2D eigenvalue weighted by molar-refractivity contribution is 7.92. The molecule has 3 heterocycles. The average molecular weight is 362 g/mol. The van der Waals surface area contributed by atoms with Gasteiger partial charge in [-0.25, -0.2) is 23.4 Å². The van der Waals surface area contributed by atoms with Crippen LogP contribution in [0, 0.1) is 0 Å². The van der Waals surface area contributed by atoms with Crippen molar-refractivity contribution in [1.29, 1.82) is 0 Å². The third kappa shape index (κ3) is 4.56. The minimum absolute atomic E-state index is 0.109. The number of anilines is 3. The van der Waals surface area contributed by atoms with E-state index in [2.05, 4.69) is 29.5 Å². The molecule has 0 spiro atoms. The lowest BCUT2D eigenvalue weighted by Gasteiger charge is -2.35. The second kappa shape index (κ2) is 7.64. The molecule has 0 atom stereocenters. The lowest BCUT2D eigenvalue weighted by molar-refractivity contribution is 0.600. The zero-order valence-electron chi connectivity index (χ0n) is 14.2. The first kappa shape index (κ1) is 17.4. The van der Waals surface area contributed by atoms with E-state index < -0.39 is 10.0 Å². The van der Waals surface area contributed by atoms with Crippen LogP contribution in [0.1, 0.15) is 13.3 Å². The molecule has 9 heteroatoms. The highest BCUT2D eigenvalue weighted by atomic mass is 32.2.